The van der Waals surface area contributed by atoms with Crippen molar-refractivity contribution in [2.45, 2.75) is 25.3 Å². The Kier molecular flexibility index (Phi) is 6.89. The summed E-state index contributed by atoms with van der Waals surface area (Å²) in [6.07, 6.45) is 0. The zero-order valence-corrected chi connectivity index (χ0v) is 17.5. The zero-order chi connectivity index (χ0) is 20.9. The van der Waals surface area contributed by atoms with Crippen LogP contribution in [0.15, 0.2) is 47.4 Å². The number of sulfonamides is 1. The number of hydrogen-bond donors (Lipinski definition) is 1. The number of ether oxygens (including phenoxy) is 2. The topological polar surface area (TPSA) is 84.9 Å². The summed E-state index contributed by atoms with van der Waals surface area (Å²) in [5.41, 5.74) is 2.27. The smallest absolute Gasteiger partial charge is 0.251 e. The van der Waals surface area contributed by atoms with Gasteiger partial charge in [-0.15, -0.1) is 0 Å². The van der Waals surface area contributed by atoms with E-state index in [1.807, 2.05) is 13.8 Å². The van der Waals surface area contributed by atoms with Gasteiger partial charge in [-0.25, -0.2) is 8.42 Å². The average Bonchev–Trinajstić information content (AvgIpc) is 2.74. The van der Waals surface area contributed by atoms with Gasteiger partial charge in [0.25, 0.3) is 5.91 Å². The lowest BCUT2D eigenvalue weighted by Gasteiger charge is -2.26. The first-order valence-corrected chi connectivity index (χ1v) is 11.0. The van der Waals surface area contributed by atoms with Crippen molar-refractivity contribution in [3.63, 3.8) is 0 Å². The fourth-order valence-corrected chi connectivity index (χ4v) is 4.52. The number of nitrogens with zero attached hydrogens (tertiary/aromatic N) is 1. The fourth-order valence-electron chi connectivity index (χ4n) is 3.11. The summed E-state index contributed by atoms with van der Waals surface area (Å²) in [4.78, 5) is 12.7. The summed E-state index contributed by atoms with van der Waals surface area (Å²) in [7, 11) is -3.51. The van der Waals surface area contributed by atoms with Crippen LogP contribution in [0.2, 0.25) is 0 Å². The van der Waals surface area contributed by atoms with E-state index in [9.17, 15) is 13.2 Å². The molecule has 2 aromatic carbocycles. The first kappa shape index (κ1) is 21.3. The van der Waals surface area contributed by atoms with Gasteiger partial charge < -0.3 is 14.8 Å². The molecule has 1 saturated heterocycles. The Bertz CT molecular complexity index is 952. The monoisotopic (exact) mass is 418 g/mol. The van der Waals surface area contributed by atoms with E-state index in [0.29, 0.717) is 45.0 Å². The number of rotatable bonds is 7. The molecule has 0 aliphatic carbocycles. The lowest BCUT2D eigenvalue weighted by molar-refractivity contribution is 0.0730. The van der Waals surface area contributed by atoms with E-state index in [1.165, 1.54) is 4.31 Å². The van der Waals surface area contributed by atoms with Gasteiger partial charge in [0.15, 0.2) is 0 Å². The predicted molar refractivity (Wildman–Crippen MR) is 110 cm³/mol. The molecule has 1 heterocycles. The van der Waals surface area contributed by atoms with Crippen LogP contribution in [0.5, 0.6) is 5.75 Å². The standard InChI is InChI=1S/C21H26N2O5S/c1-3-28-20-9-6-18(14-16(20)2)21(24)22-15-17-4-7-19(8-5-17)29(25,26)23-10-12-27-13-11-23/h4-9,14H,3,10-13,15H2,1-2H3,(H,22,24). The van der Waals surface area contributed by atoms with Crippen molar-refractivity contribution < 1.29 is 22.7 Å². The molecule has 1 amide bonds. The van der Waals surface area contributed by atoms with Gasteiger partial charge in [0.05, 0.1) is 24.7 Å². The third kappa shape index (κ3) is 5.14. The van der Waals surface area contributed by atoms with Crippen LogP contribution in [-0.4, -0.2) is 51.5 Å². The van der Waals surface area contributed by atoms with Crippen LogP contribution >= 0.6 is 0 Å². The largest absolute Gasteiger partial charge is 0.494 e. The molecule has 0 spiro atoms. The predicted octanol–water partition coefficient (Wildman–Crippen LogP) is 2.34. The Hall–Kier alpha value is -2.42. The summed E-state index contributed by atoms with van der Waals surface area (Å²) < 4.78 is 37.4. The molecule has 3 rings (SSSR count). The molecule has 0 aromatic heterocycles. The highest BCUT2D eigenvalue weighted by Crippen LogP contribution is 2.20. The normalized spacial score (nSPS) is 15.1. The minimum atomic E-state index is -3.51. The summed E-state index contributed by atoms with van der Waals surface area (Å²) in [5.74, 6) is 0.572. The second-order valence-electron chi connectivity index (χ2n) is 6.76. The molecule has 0 radical (unpaired) electrons. The van der Waals surface area contributed by atoms with E-state index in [-0.39, 0.29) is 10.8 Å². The number of hydrogen-bond acceptors (Lipinski definition) is 5. The highest BCUT2D eigenvalue weighted by Gasteiger charge is 2.26. The maximum atomic E-state index is 12.6. The molecular weight excluding hydrogens is 392 g/mol. The van der Waals surface area contributed by atoms with Crippen LogP contribution in [-0.2, 0) is 21.3 Å². The SMILES string of the molecule is CCOc1ccc(C(=O)NCc2ccc(S(=O)(=O)N3CCOCC3)cc2)cc1C. The molecular formula is C21H26N2O5S. The molecule has 29 heavy (non-hydrogen) atoms. The lowest BCUT2D eigenvalue weighted by Crippen LogP contribution is -2.40. The van der Waals surface area contributed by atoms with Crippen molar-refractivity contribution in [3.8, 4) is 5.75 Å². The Morgan fingerprint density at radius 2 is 1.83 bits per heavy atom. The molecule has 8 heteroatoms. The number of carbonyl (C=O) groups is 1. The minimum absolute atomic E-state index is 0.193. The number of nitrogens with one attached hydrogen (secondary N) is 1. The molecule has 0 bridgehead atoms. The van der Waals surface area contributed by atoms with Crippen molar-refractivity contribution in [2.24, 2.45) is 0 Å². The third-order valence-corrected chi connectivity index (χ3v) is 6.63. The average molecular weight is 419 g/mol. The second-order valence-corrected chi connectivity index (χ2v) is 8.69. The van der Waals surface area contributed by atoms with Gasteiger partial charge in [-0.3, -0.25) is 4.79 Å². The molecule has 1 aliphatic heterocycles. The van der Waals surface area contributed by atoms with E-state index >= 15 is 0 Å². The highest BCUT2D eigenvalue weighted by atomic mass is 32.2. The number of carbonyl (C=O) groups excluding carboxylic acids is 1. The molecule has 1 fully saturated rings. The van der Waals surface area contributed by atoms with Crippen molar-refractivity contribution >= 4 is 15.9 Å². The van der Waals surface area contributed by atoms with E-state index in [4.69, 9.17) is 9.47 Å². The van der Waals surface area contributed by atoms with Crippen LogP contribution in [0.25, 0.3) is 0 Å². The van der Waals surface area contributed by atoms with Crippen LogP contribution < -0.4 is 10.1 Å². The highest BCUT2D eigenvalue weighted by molar-refractivity contribution is 7.89. The number of aryl methyl sites for hydroxylation is 1. The molecule has 1 N–H and O–H groups in total. The fraction of sp³-hybridized carbons (Fsp3) is 0.381. The van der Waals surface area contributed by atoms with Crippen LogP contribution in [0, 0.1) is 6.92 Å². The first-order valence-electron chi connectivity index (χ1n) is 9.60. The maximum absolute atomic E-state index is 12.6. The van der Waals surface area contributed by atoms with Gasteiger partial charge in [0, 0.05) is 25.2 Å². The molecule has 7 nitrogen and oxygen atoms in total. The molecule has 0 saturated carbocycles. The van der Waals surface area contributed by atoms with Crippen LogP contribution in [0.4, 0.5) is 0 Å². The number of amides is 1. The quantitative estimate of drug-likeness (QED) is 0.746. The third-order valence-electron chi connectivity index (χ3n) is 4.72. The molecule has 156 valence electrons. The van der Waals surface area contributed by atoms with Gasteiger partial charge in [0.1, 0.15) is 5.75 Å². The zero-order valence-electron chi connectivity index (χ0n) is 16.7. The summed E-state index contributed by atoms with van der Waals surface area (Å²) >= 11 is 0. The van der Waals surface area contributed by atoms with E-state index in [2.05, 4.69) is 5.32 Å². The molecule has 0 atom stereocenters. The first-order chi connectivity index (χ1) is 13.9. The molecule has 1 aliphatic rings. The van der Waals surface area contributed by atoms with E-state index in [1.54, 1.807) is 42.5 Å². The van der Waals surface area contributed by atoms with Gasteiger partial charge in [-0.1, -0.05) is 12.1 Å². The summed E-state index contributed by atoms with van der Waals surface area (Å²) in [5, 5.41) is 2.86. The van der Waals surface area contributed by atoms with Gasteiger partial charge >= 0.3 is 0 Å². The van der Waals surface area contributed by atoms with Crippen molar-refractivity contribution in [1.29, 1.82) is 0 Å². The lowest BCUT2D eigenvalue weighted by atomic mass is 10.1. The van der Waals surface area contributed by atoms with E-state index < -0.39 is 10.0 Å². The van der Waals surface area contributed by atoms with Gasteiger partial charge in [0.2, 0.25) is 10.0 Å². The number of benzene rings is 2. The number of morpholine rings is 1. The second kappa shape index (κ2) is 9.39. The Morgan fingerprint density at radius 1 is 1.14 bits per heavy atom. The Labute approximate surface area is 171 Å². The van der Waals surface area contributed by atoms with E-state index in [0.717, 1.165) is 16.9 Å². The van der Waals surface area contributed by atoms with Crippen molar-refractivity contribution in [1.82, 2.24) is 9.62 Å². The molecule has 0 unspecified atom stereocenters. The van der Waals surface area contributed by atoms with Crippen LogP contribution in [0.3, 0.4) is 0 Å². The summed E-state index contributed by atoms with van der Waals surface area (Å²) in [6.45, 7) is 6.24. The summed E-state index contributed by atoms with van der Waals surface area (Å²) in [6, 6.07) is 11.9. The van der Waals surface area contributed by atoms with Crippen molar-refractivity contribution in [3.05, 3.63) is 59.2 Å². The van der Waals surface area contributed by atoms with Crippen molar-refractivity contribution in [2.75, 3.05) is 32.9 Å². The van der Waals surface area contributed by atoms with Crippen LogP contribution in [0.1, 0.15) is 28.4 Å². The molecule has 2 aromatic rings. The Balaban J connectivity index is 1.61. The minimum Gasteiger partial charge on any atom is -0.494 e. The maximum Gasteiger partial charge on any atom is 0.251 e. The Morgan fingerprint density at radius 3 is 2.45 bits per heavy atom. The van der Waals surface area contributed by atoms with Gasteiger partial charge in [-0.05, 0) is 55.3 Å². The van der Waals surface area contributed by atoms with Gasteiger partial charge in [-0.2, -0.15) is 4.31 Å².